The minimum absolute atomic E-state index is 0.0846. The van der Waals surface area contributed by atoms with Crippen LogP contribution in [0, 0.1) is 5.82 Å². The van der Waals surface area contributed by atoms with E-state index >= 15 is 0 Å². The van der Waals surface area contributed by atoms with Crippen molar-refractivity contribution in [3.63, 3.8) is 0 Å². The first kappa shape index (κ1) is 13.7. The topological polar surface area (TPSA) is 78.4 Å². The SMILES string of the molecule is C=CCCNC(=O)Nc1cccc(F)c1C(=O)O. The van der Waals surface area contributed by atoms with Crippen LogP contribution in [0.3, 0.4) is 0 Å². The van der Waals surface area contributed by atoms with Crippen molar-refractivity contribution in [3.8, 4) is 0 Å². The Morgan fingerprint density at radius 2 is 2.17 bits per heavy atom. The highest BCUT2D eigenvalue weighted by Gasteiger charge is 2.16. The van der Waals surface area contributed by atoms with Gasteiger partial charge in [0.05, 0.1) is 5.69 Å². The molecule has 3 N–H and O–H groups in total. The summed E-state index contributed by atoms with van der Waals surface area (Å²) in [5.74, 6) is -2.33. The molecule has 0 spiro atoms. The first-order chi connectivity index (χ1) is 8.56. The van der Waals surface area contributed by atoms with Crippen LogP contribution in [0.15, 0.2) is 30.9 Å². The molecular formula is C12H13FN2O3. The molecule has 0 bridgehead atoms. The molecule has 0 saturated heterocycles. The molecule has 0 fully saturated rings. The summed E-state index contributed by atoms with van der Waals surface area (Å²) in [5, 5.41) is 13.6. The van der Waals surface area contributed by atoms with Gasteiger partial charge in [-0.1, -0.05) is 12.1 Å². The third-order valence-electron chi connectivity index (χ3n) is 2.11. The lowest BCUT2D eigenvalue weighted by molar-refractivity contribution is 0.0693. The molecule has 2 amide bonds. The van der Waals surface area contributed by atoms with E-state index < -0.39 is 23.4 Å². The number of aromatic carboxylic acids is 1. The molecule has 0 radical (unpaired) electrons. The third-order valence-corrected chi connectivity index (χ3v) is 2.11. The van der Waals surface area contributed by atoms with Crippen molar-refractivity contribution in [2.75, 3.05) is 11.9 Å². The van der Waals surface area contributed by atoms with Gasteiger partial charge in [0.25, 0.3) is 0 Å². The molecule has 0 saturated carbocycles. The quantitative estimate of drug-likeness (QED) is 0.555. The lowest BCUT2D eigenvalue weighted by Crippen LogP contribution is -2.30. The van der Waals surface area contributed by atoms with Crippen molar-refractivity contribution < 1.29 is 19.1 Å². The van der Waals surface area contributed by atoms with Gasteiger partial charge in [0.1, 0.15) is 11.4 Å². The van der Waals surface area contributed by atoms with Crippen LogP contribution in [0.2, 0.25) is 0 Å². The largest absolute Gasteiger partial charge is 0.478 e. The molecule has 6 heteroatoms. The van der Waals surface area contributed by atoms with Gasteiger partial charge in [0.2, 0.25) is 0 Å². The number of hydrogen-bond donors (Lipinski definition) is 3. The number of nitrogens with one attached hydrogen (secondary N) is 2. The van der Waals surface area contributed by atoms with E-state index in [2.05, 4.69) is 17.2 Å². The average molecular weight is 252 g/mol. The van der Waals surface area contributed by atoms with Crippen molar-refractivity contribution in [2.24, 2.45) is 0 Å². The standard InChI is InChI=1S/C12H13FN2O3/c1-2-3-7-14-12(18)15-9-6-4-5-8(13)10(9)11(16)17/h2,4-6H,1,3,7H2,(H,16,17)(H2,14,15,18). The summed E-state index contributed by atoms with van der Waals surface area (Å²) >= 11 is 0. The molecule has 0 aromatic heterocycles. The monoisotopic (exact) mass is 252 g/mol. The first-order valence-electron chi connectivity index (χ1n) is 5.23. The highest BCUT2D eigenvalue weighted by Crippen LogP contribution is 2.18. The van der Waals surface area contributed by atoms with Crippen LogP contribution in [0.1, 0.15) is 16.8 Å². The summed E-state index contributed by atoms with van der Waals surface area (Å²) in [5.41, 5.74) is -0.644. The molecule has 96 valence electrons. The van der Waals surface area contributed by atoms with Gasteiger partial charge >= 0.3 is 12.0 Å². The Morgan fingerprint density at radius 1 is 1.44 bits per heavy atom. The lowest BCUT2D eigenvalue weighted by atomic mass is 10.1. The van der Waals surface area contributed by atoms with Crippen molar-refractivity contribution >= 4 is 17.7 Å². The van der Waals surface area contributed by atoms with Gasteiger partial charge in [-0.05, 0) is 18.6 Å². The minimum atomic E-state index is -1.44. The van der Waals surface area contributed by atoms with Gasteiger partial charge in [-0.3, -0.25) is 0 Å². The number of anilines is 1. The Balaban J connectivity index is 2.78. The van der Waals surface area contributed by atoms with E-state index in [1.165, 1.54) is 12.1 Å². The second kappa shape index (κ2) is 6.39. The summed E-state index contributed by atoms with van der Waals surface area (Å²) in [6.45, 7) is 3.86. The third kappa shape index (κ3) is 3.58. The van der Waals surface area contributed by atoms with Crippen molar-refractivity contribution in [1.29, 1.82) is 0 Å². The van der Waals surface area contributed by atoms with E-state index in [9.17, 15) is 14.0 Å². The number of benzene rings is 1. The Bertz CT molecular complexity index is 474. The summed E-state index contributed by atoms with van der Waals surface area (Å²) in [6, 6.07) is 3.07. The molecule has 0 aliphatic carbocycles. The summed E-state index contributed by atoms with van der Waals surface area (Å²) in [7, 11) is 0. The van der Waals surface area contributed by atoms with E-state index in [0.29, 0.717) is 13.0 Å². The molecule has 18 heavy (non-hydrogen) atoms. The molecule has 1 aromatic carbocycles. The van der Waals surface area contributed by atoms with Crippen LogP contribution in [-0.2, 0) is 0 Å². The Labute approximate surface area is 103 Å². The van der Waals surface area contributed by atoms with E-state index in [-0.39, 0.29) is 5.69 Å². The van der Waals surface area contributed by atoms with Gasteiger partial charge in [-0.2, -0.15) is 0 Å². The van der Waals surface area contributed by atoms with Gasteiger partial charge in [-0.15, -0.1) is 6.58 Å². The van der Waals surface area contributed by atoms with Gasteiger partial charge in [0, 0.05) is 6.54 Å². The number of hydrogen-bond acceptors (Lipinski definition) is 2. The van der Waals surface area contributed by atoms with Gasteiger partial charge in [0.15, 0.2) is 0 Å². The molecule has 5 nitrogen and oxygen atoms in total. The van der Waals surface area contributed by atoms with E-state index in [1.807, 2.05) is 0 Å². The molecule has 0 unspecified atom stereocenters. The minimum Gasteiger partial charge on any atom is -0.478 e. The summed E-state index contributed by atoms with van der Waals surface area (Å²) in [6.07, 6.45) is 2.22. The number of carbonyl (C=O) groups is 2. The number of rotatable bonds is 5. The van der Waals surface area contributed by atoms with Crippen LogP contribution in [0.25, 0.3) is 0 Å². The fraction of sp³-hybridized carbons (Fsp3) is 0.167. The summed E-state index contributed by atoms with van der Waals surface area (Å²) < 4.78 is 13.3. The summed E-state index contributed by atoms with van der Waals surface area (Å²) in [4.78, 5) is 22.3. The van der Waals surface area contributed by atoms with Crippen molar-refractivity contribution in [2.45, 2.75) is 6.42 Å². The number of carbonyl (C=O) groups excluding carboxylic acids is 1. The number of carboxylic acids is 1. The maximum absolute atomic E-state index is 13.3. The predicted octanol–water partition coefficient (Wildman–Crippen LogP) is 2.22. The Hall–Kier alpha value is -2.37. The molecule has 1 rings (SSSR count). The van der Waals surface area contributed by atoms with Crippen LogP contribution < -0.4 is 10.6 Å². The number of amides is 2. The van der Waals surface area contributed by atoms with Crippen LogP contribution in [0.4, 0.5) is 14.9 Å². The smallest absolute Gasteiger partial charge is 0.340 e. The van der Waals surface area contributed by atoms with Crippen molar-refractivity contribution in [3.05, 3.63) is 42.2 Å². The Morgan fingerprint density at radius 3 is 2.78 bits per heavy atom. The lowest BCUT2D eigenvalue weighted by Gasteiger charge is -2.09. The van der Waals surface area contributed by atoms with E-state index in [1.54, 1.807) is 6.08 Å². The number of halogens is 1. The molecule has 0 atom stereocenters. The highest BCUT2D eigenvalue weighted by atomic mass is 19.1. The molecule has 1 aromatic rings. The fourth-order valence-corrected chi connectivity index (χ4v) is 1.30. The van der Waals surface area contributed by atoms with Gasteiger partial charge in [-0.25, -0.2) is 14.0 Å². The van der Waals surface area contributed by atoms with Crippen LogP contribution in [0.5, 0.6) is 0 Å². The van der Waals surface area contributed by atoms with Crippen LogP contribution in [-0.4, -0.2) is 23.7 Å². The average Bonchev–Trinajstić information content (AvgIpc) is 2.28. The second-order valence-corrected chi connectivity index (χ2v) is 3.43. The van der Waals surface area contributed by atoms with E-state index in [0.717, 1.165) is 6.07 Å². The number of carboxylic acid groups (broad SMARTS) is 1. The highest BCUT2D eigenvalue weighted by molar-refractivity contribution is 6.00. The number of urea groups is 1. The maximum atomic E-state index is 13.3. The molecule has 0 heterocycles. The Kier molecular flexibility index (Phi) is 4.86. The van der Waals surface area contributed by atoms with Gasteiger partial charge < -0.3 is 15.7 Å². The second-order valence-electron chi connectivity index (χ2n) is 3.43. The molecule has 0 aliphatic heterocycles. The van der Waals surface area contributed by atoms with Crippen molar-refractivity contribution in [1.82, 2.24) is 5.32 Å². The van der Waals surface area contributed by atoms with Crippen LogP contribution >= 0.6 is 0 Å². The zero-order chi connectivity index (χ0) is 13.5. The zero-order valence-corrected chi connectivity index (χ0v) is 9.57. The van der Waals surface area contributed by atoms with E-state index in [4.69, 9.17) is 5.11 Å². The first-order valence-corrected chi connectivity index (χ1v) is 5.23. The molecular weight excluding hydrogens is 239 g/mol. The maximum Gasteiger partial charge on any atom is 0.340 e. The normalized spacial score (nSPS) is 9.61. The predicted molar refractivity (Wildman–Crippen MR) is 65.2 cm³/mol. The zero-order valence-electron chi connectivity index (χ0n) is 9.57. The molecule has 0 aliphatic rings. The fourth-order valence-electron chi connectivity index (χ4n) is 1.30.